The Morgan fingerprint density at radius 3 is 2.61 bits per heavy atom. The highest BCUT2D eigenvalue weighted by molar-refractivity contribution is 5.95. The van der Waals surface area contributed by atoms with Crippen molar-refractivity contribution in [2.75, 3.05) is 33.9 Å². The molecule has 1 aromatic heterocycles. The molecule has 33 heavy (non-hydrogen) atoms. The number of benzene rings is 1. The van der Waals surface area contributed by atoms with Crippen molar-refractivity contribution in [1.29, 1.82) is 0 Å². The average Bonchev–Trinajstić information content (AvgIpc) is 2.87. The van der Waals surface area contributed by atoms with Gasteiger partial charge in [-0.1, -0.05) is 18.9 Å². The molecule has 1 fully saturated rings. The molecule has 0 bridgehead atoms. The lowest BCUT2D eigenvalue weighted by Gasteiger charge is -2.32. The molecule has 1 aliphatic rings. The SMILES string of the molecule is COc1ccc(C(=O)N2CCC(CCCCNC(=O)/C=C/c3cccnc3)CC2)cc1OC. The lowest BCUT2D eigenvalue weighted by Crippen LogP contribution is -2.38. The van der Waals surface area contributed by atoms with Gasteiger partial charge in [0.1, 0.15) is 0 Å². The summed E-state index contributed by atoms with van der Waals surface area (Å²) in [5, 5.41) is 2.93. The first-order valence-electron chi connectivity index (χ1n) is 11.5. The summed E-state index contributed by atoms with van der Waals surface area (Å²) >= 11 is 0. The smallest absolute Gasteiger partial charge is 0.253 e. The number of ether oxygens (including phenoxy) is 2. The number of carbonyl (C=O) groups is 2. The Morgan fingerprint density at radius 1 is 1.12 bits per heavy atom. The van der Waals surface area contributed by atoms with Crippen molar-refractivity contribution >= 4 is 17.9 Å². The largest absolute Gasteiger partial charge is 0.493 e. The van der Waals surface area contributed by atoms with E-state index in [0.717, 1.165) is 50.8 Å². The summed E-state index contributed by atoms with van der Waals surface area (Å²) < 4.78 is 10.6. The van der Waals surface area contributed by atoms with Crippen LogP contribution in [0.4, 0.5) is 0 Å². The zero-order valence-electron chi connectivity index (χ0n) is 19.5. The van der Waals surface area contributed by atoms with Crippen molar-refractivity contribution in [3.8, 4) is 11.5 Å². The van der Waals surface area contributed by atoms with Gasteiger partial charge in [0.05, 0.1) is 14.2 Å². The topological polar surface area (TPSA) is 80.8 Å². The van der Waals surface area contributed by atoms with Crippen LogP contribution in [0, 0.1) is 5.92 Å². The quantitative estimate of drug-likeness (QED) is 0.437. The lowest BCUT2D eigenvalue weighted by molar-refractivity contribution is -0.116. The fraction of sp³-hybridized carbons (Fsp3) is 0.423. The Morgan fingerprint density at radius 2 is 1.91 bits per heavy atom. The molecule has 1 aliphatic heterocycles. The van der Waals surface area contributed by atoms with E-state index in [0.29, 0.717) is 29.5 Å². The van der Waals surface area contributed by atoms with Crippen molar-refractivity contribution in [3.05, 3.63) is 59.9 Å². The van der Waals surface area contributed by atoms with Gasteiger partial charge in [-0.25, -0.2) is 0 Å². The van der Waals surface area contributed by atoms with E-state index in [4.69, 9.17) is 9.47 Å². The van der Waals surface area contributed by atoms with Crippen LogP contribution in [-0.4, -0.2) is 55.6 Å². The Balaban J connectivity index is 1.32. The summed E-state index contributed by atoms with van der Waals surface area (Å²) in [4.78, 5) is 30.7. The molecule has 1 N–H and O–H groups in total. The van der Waals surface area contributed by atoms with E-state index < -0.39 is 0 Å². The summed E-state index contributed by atoms with van der Waals surface area (Å²) in [5.41, 5.74) is 1.53. The molecule has 0 atom stereocenters. The van der Waals surface area contributed by atoms with Gasteiger partial charge in [-0.15, -0.1) is 0 Å². The monoisotopic (exact) mass is 451 g/mol. The number of hydrogen-bond donors (Lipinski definition) is 1. The molecule has 7 heteroatoms. The third-order valence-electron chi connectivity index (χ3n) is 5.98. The number of nitrogens with one attached hydrogen (secondary N) is 1. The van der Waals surface area contributed by atoms with Crippen molar-refractivity contribution in [2.45, 2.75) is 32.1 Å². The summed E-state index contributed by atoms with van der Waals surface area (Å²) in [6.07, 6.45) is 11.9. The molecule has 1 aromatic carbocycles. The van der Waals surface area contributed by atoms with Gasteiger partial charge in [0, 0.05) is 43.7 Å². The van der Waals surface area contributed by atoms with Crippen molar-refractivity contribution in [2.24, 2.45) is 5.92 Å². The van der Waals surface area contributed by atoms with Crippen LogP contribution in [0.5, 0.6) is 11.5 Å². The number of likely N-dealkylation sites (tertiary alicyclic amines) is 1. The van der Waals surface area contributed by atoms with Crippen molar-refractivity contribution < 1.29 is 19.1 Å². The first-order valence-corrected chi connectivity index (χ1v) is 11.5. The zero-order chi connectivity index (χ0) is 23.5. The van der Waals surface area contributed by atoms with E-state index in [1.807, 2.05) is 17.0 Å². The molecule has 7 nitrogen and oxygen atoms in total. The number of amides is 2. The van der Waals surface area contributed by atoms with E-state index in [-0.39, 0.29) is 11.8 Å². The third-order valence-corrected chi connectivity index (χ3v) is 5.98. The number of piperidine rings is 1. The third kappa shape index (κ3) is 7.34. The van der Waals surface area contributed by atoms with Crippen LogP contribution < -0.4 is 14.8 Å². The Labute approximate surface area is 195 Å². The highest BCUT2D eigenvalue weighted by atomic mass is 16.5. The molecule has 2 amide bonds. The standard InChI is InChI=1S/C26H33N3O4/c1-32-23-10-9-22(18-24(23)33-2)26(31)29-16-12-20(13-17-29)6-3-4-15-28-25(30)11-8-21-7-5-14-27-19-21/h5,7-11,14,18-20H,3-4,6,12-13,15-17H2,1-2H3,(H,28,30)/b11-8+. The van der Waals surface area contributed by atoms with Gasteiger partial charge in [-0.05, 0) is 61.1 Å². The van der Waals surface area contributed by atoms with Crippen molar-refractivity contribution in [1.82, 2.24) is 15.2 Å². The molecule has 0 unspecified atom stereocenters. The van der Waals surface area contributed by atoms with Crippen LogP contribution in [0.15, 0.2) is 48.8 Å². The second-order valence-corrected chi connectivity index (χ2v) is 8.21. The molecule has 1 saturated heterocycles. The van der Waals surface area contributed by atoms with Crippen LogP contribution >= 0.6 is 0 Å². The van der Waals surface area contributed by atoms with Crippen LogP contribution in [0.2, 0.25) is 0 Å². The highest BCUT2D eigenvalue weighted by Crippen LogP contribution is 2.29. The van der Waals surface area contributed by atoms with Crippen LogP contribution in [-0.2, 0) is 4.79 Å². The summed E-state index contributed by atoms with van der Waals surface area (Å²) in [6.45, 7) is 2.22. The maximum atomic E-state index is 12.9. The number of carbonyl (C=O) groups excluding carboxylic acids is 2. The van der Waals surface area contributed by atoms with E-state index >= 15 is 0 Å². The molecular formula is C26H33N3O4. The van der Waals surface area contributed by atoms with Crippen LogP contribution in [0.3, 0.4) is 0 Å². The molecule has 2 heterocycles. The molecule has 0 spiro atoms. The maximum Gasteiger partial charge on any atom is 0.253 e. The molecular weight excluding hydrogens is 418 g/mol. The second kappa shape index (κ2) is 12.6. The van der Waals surface area contributed by atoms with Crippen molar-refractivity contribution in [3.63, 3.8) is 0 Å². The molecule has 3 rings (SSSR count). The number of pyridine rings is 1. The predicted octanol–water partition coefficient (Wildman–Crippen LogP) is 3.95. The van der Waals surface area contributed by atoms with E-state index in [9.17, 15) is 9.59 Å². The van der Waals surface area contributed by atoms with Crippen LogP contribution in [0.25, 0.3) is 6.08 Å². The number of aromatic nitrogens is 1. The molecule has 2 aromatic rings. The minimum Gasteiger partial charge on any atom is -0.493 e. The Bertz CT molecular complexity index is 938. The zero-order valence-corrected chi connectivity index (χ0v) is 19.5. The first-order chi connectivity index (χ1) is 16.1. The van der Waals surface area contributed by atoms with E-state index in [2.05, 4.69) is 10.3 Å². The summed E-state index contributed by atoms with van der Waals surface area (Å²) in [7, 11) is 3.15. The fourth-order valence-corrected chi connectivity index (χ4v) is 4.05. The van der Waals surface area contributed by atoms with Gasteiger partial charge in [0.15, 0.2) is 11.5 Å². The number of hydrogen-bond acceptors (Lipinski definition) is 5. The lowest BCUT2D eigenvalue weighted by atomic mass is 9.91. The number of nitrogens with zero attached hydrogens (tertiary/aromatic N) is 2. The van der Waals surface area contributed by atoms with Gasteiger partial charge in [-0.3, -0.25) is 14.6 Å². The minimum atomic E-state index is -0.0826. The number of rotatable bonds is 10. The van der Waals surface area contributed by atoms with E-state index in [1.54, 1.807) is 57.0 Å². The molecule has 0 radical (unpaired) electrons. The fourth-order valence-electron chi connectivity index (χ4n) is 4.05. The first kappa shape index (κ1) is 24.3. The molecule has 0 saturated carbocycles. The van der Waals surface area contributed by atoms with Gasteiger partial charge in [0.25, 0.3) is 5.91 Å². The van der Waals surface area contributed by atoms with Gasteiger partial charge >= 0.3 is 0 Å². The molecule has 0 aliphatic carbocycles. The predicted molar refractivity (Wildman–Crippen MR) is 128 cm³/mol. The Kier molecular flexibility index (Phi) is 9.30. The number of unbranched alkanes of at least 4 members (excludes halogenated alkanes) is 1. The summed E-state index contributed by atoms with van der Waals surface area (Å²) in [6, 6.07) is 9.05. The van der Waals surface area contributed by atoms with Crippen LogP contribution in [0.1, 0.15) is 48.0 Å². The normalized spacial score (nSPS) is 14.3. The maximum absolute atomic E-state index is 12.9. The Hall–Kier alpha value is -3.35. The van der Waals surface area contributed by atoms with E-state index in [1.165, 1.54) is 0 Å². The molecule has 176 valence electrons. The minimum absolute atomic E-state index is 0.0384. The second-order valence-electron chi connectivity index (χ2n) is 8.21. The van der Waals surface area contributed by atoms with Gasteiger partial charge < -0.3 is 19.7 Å². The highest BCUT2D eigenvalue weighted by Gasteiger charge is 2.24. The van der Waals surface area contributed by atoms with Gasteiger partial charge in [-0.2, -0.15) is 0 Å². The average molecular weight is 452 g/mol. The number of methoxy groups -OCH3 is 2. The van der Waals surface area contributed by atoms with Gasteiger partial charge in [0.2, 0.25) is 5.91 Å². The summed E-state index contributed by atoms with van der Waals surface area (Å²) in [5.74, 6) is 1.77.